The van der Waals surface area contributed by atoms with Gasteiger partial charge in [0, 0.05) is 11.1 Å². The summed E-state index contributed by atoms with van der Waals surface area (Å²) in [6.45, 7) is 1.36. The van der Waals surface area contributed by atoms with Crippen LogP contribution in [0, 0.1) is 23.0 Å². The molecule has 4 nitrogen and oxygen atoms in total. The molecule has 2 aromatic carbocycles. The van der Waals surface area contributed by atoms with E-state index in [0.717, 1.165) is 22.3 Å². The summed E-state index contributed by atoms with van der Waals surface area (Å²) in [6, 6.07) is 14.5. The van der Waals surface area contributed by atoms with Gasteiger partial charge in [0.1, 0.15) is 42.1 Å². The fourth-order valence-electron chi connectivity index (χ4n) is 3.94. The Morgan fingerprint density at radius 2 is 1.69 bits per heavy atom. The van der Waals surface area contributed by atoms with E-state index in [-0.39, 0.29) is 17.5 Å². The Labute approximate surface area is 167 Å². The first-order chi connectivity index (χ1) is 14.0. The van der Waals surface area contributed by atoms with E-state index in [1.807, 2.05) is 6.08 Å². The van der Waals surface area contributed by atoms with E-state index >= 15 is 0 Å². The summed E-state index contributed by atoms with van der Waals surface area (Å²) in [4.78, 5) is 1.21. The number of quaternary nitrogens is 1. The van der Waals surface area contributed by atoms with Crippen LogP contribution in [0.5, 0.6) is 0 Å². The van der Waals surface area contributed by atoms with Crippen LogP contribution in [0.2, 0.25) is 0 Å². The molecule has 0 saturated carbocycles. The monoisotopic (exact) mass is 392 g/mol. The first-order valence-electron chi connectivity index (χ1n) is 9.30. The molecule has 146 valence electrons. The molecule has 4 rings (SSSR count). The van der Waals surface area contributed by atoms with Gasteiger partial charge < -0.3 is 15.4 Å². The van der Waals surface area contributed by atoms with Crippen LogP contribution in [0.15, 0.2) is 76.9 Å². The molecule has 2 atom stereocenters. The van der Waals surface area contributed by atoms with Crippen molar-refractivity contribution in [3.8, 4) is 6.07 Å². The van der Waals surface area contributed by atoms with Crippen LogP contribution < -0.4 is 10.6 Å². The zero-order valence-corrected chi connectivity index (χ0v) is 15.9. The van der Waals surface area contributed by atoms with E-state index in [0.29, 0.717) is 24.4 Å². The summed E-state index contributed by atoms with van der Waals surface area (Å²) in [6.07, 6.45) is 1.95. The van der Waals surface area contributed by atoms with Gasteiger partial charge in [0.2, 0.25) is 5.88 Å². The van der Waals surface area contributed by atoms with Crippen LogP contribution in [0.4, 0.5) is 8.78 Å². The van der Waals surface area contributed by atoms with Gasteiger partial charge in [-0.05, 0) is 41.5 Å². The molecule has 2 aromatic rings. The summed E-state index contributed by atoms with van der Waals surface area (Å²) < 4.78 is 32.6. The first kappa shape index (κ1) is 18.9. The van der Waals surface area contributed by atoms with Crippen LogP contribution in [-0.4, -0.2) is 20.1 Å². The van der Waals surface area contributed by atoms with Crippen molar-refractivity contribution in [3.05, 3.63) is 99.7 Å². The molecular weight excluding hydrogens is 372 g/mol. The third-order valence-electron chi connectivity index (χ3n) is 5.22. The van der Waals surface area contributed by atoms with Crippen LogP contribution in [0.1, 0.15) is 17.0 Å². The van der Waals surface area contributed by atoms with Crippen molar-refractivity contribution in [3.63, 3.8) is 0 Å². The zero-order valence-electron chi connectivity index (χ0n) is 15.9. The van der Waals surface area contributed by atoms with Crippen molar-refractivity contribution in [1.29, 1.82) is 5.26 Å². The van der Waals surface area contributed by atoms with Gasteiger partial charge in [-0.1, -0.05) is 24.3 Å². The molecule has 0 radical (unpaired) electrons. The molecule has 6 heteroatoms. The molecule has 3 N–H and O–H groups in total. The topological polar surface area (TPSA) is 63.5 Å². The van der Waals surface area contributed by atoms with Gasteiger partial charge in [-0.25, -0.2) is 8.78 Å². The van der Waals surface area contributed by atoms with Gasteiger partial charge in [0.25, 0.3) is 0 Å². The van der Waals surface area contributed by atoms with Gasteiger partial charge in [-0.2, -0.15) is 5.26 Å². The molecule has 2 aliphatic heterocycles. The van der Waals surface area contributed by atoms with E-state index < -0.39 is 5.92 Å². The lowest BCUT2D eigenvalue weighted by atomic mass is 9.80. The van der Waals surface area contributed by atoms with Gasteiger partial charge in [0.15, 0.2) is 0 Å². The molecule has 0 saturated heterocycles. The van der Waals surface area contributed by atoms with E-state index in [2.05, 4.69) is 13.1 Å². The summed E-state index contributed by atoms with van der Waals surface area (Å²) in [5.74, 6) is -0.324. The molecule has 29 heavy (non-hydrogen) atoms. The summed E-state index contributed by atoms with van der Waals surface area (Å²) in [5.41, 5.74) is 9.92. The Balaban J connectivity index is 1.85. The largest absolute Gasteiger partial charge is 0.440 e. The third kappa shape index (κ3) is 3.65. The maximum atomic E-state index is 13.5. The number of rotatable bonds is 2. The molecule has 0 aromatic heterocycles. The number of halogens is 2. The van der Waals surface area contributed by atoms with Crippen LogP contribution in [0.25, 0.3) is 6.08 Å². The van der Waals surface area contributed by atoms with E-state index in [1.165, 1.54) is 29.2 Å². The average molecular weight is 392 g/mol. The van der Waals surface area contributed by atoms with Gasteiger partial charge >= 0.3 is 0 Å². The van der Waals surface area contributed by atoms with Crippen molar-refractivity contribution >= 4 is 6.08 Å². The minimum absolute atomic E-state index is 0.0603. The average Bonchev–Trinajstić information content (AvgIpc) is 2.70. The third-order valence-corrected chi connectivity index (χ3v) is 5.22. The number of hydrogen-bond donors (Lipinski definition) is 2. The highest BCUT2D eigenvalue weighted by Gasteiger charge is 2.38. The second kappa shape index (κ2) is 7.53. The Kier molecular flexibility index (Phi) is 4.91. The zero-order chi connectivity index (χ0) is 20.5. The predicted molar refractivity (Wildman–Crippen MR) is 105 cm³/mol. The molecule has 2 aliphatic rings. The lowest BCUT2D eigenvalue weighted by Crippen LogP contribution is -3.10. The fraction of sp³-hybridized carbons (Fsp3) is 0.174. The quantitative estimate of drug-likeness (QED) is 0.826. The number of nitriles is 1. The van der Waals surface area contributed by atoms with Crippen molar-refractivity contribution in [1.82, 2.24) is 0 Å². The lowest BCUT2D eigenvalue weighted by molar-refractivity contribution is -0.871. The SMILES string of the molecule is C[NH+]1CC2=C(OC(N)=C(C#N)[C@@H]2c2ccc(F)cc2)/C(=C/c2ccc(F)cc2)C1. The number of benzene rings is 2. The van der Waals surface area contributed by atoms with Crippen molar-refractivity contribution in [2.45, 2.75) is 5.92 Å². The molecule has 0 bridgehead atoms. The van der Waals surface area contributed by atoms with Crippen molar-refractivity contribution in [2.24, 2.45) is 5.73 Å². The Morgan fingerprint density at radius 3 is 2.31 bits per heavy atom. The highest BCUT2D eigenvalue weighted by atomic mass is 19.1. The number of allylic oxidation sites excluding steroid dienone is 1. The number of likely N-dealkylation sites (N-methyl/N-ethyl adjacent to an activating group) is 1. The van der Waals surface area contributed by atoms with E-state index in [4.69, 9.17) is 10.5 Å². The maximum absolute atomic E-state index is 13.5. The number of hydrogen-bond acceptors (Lipinski definition) is 3. The minimum atomic E-state index is -0.392. The molecule has 0 amide bonds. The van der Waals surface area contributed by atoms with Crippen LogP contribution in [-0.2, 0) is 4.74 Å². The van der Waals surface area contributed by atoms with Crippen LogP contribution in [0.3, 0.4) is 0 Å². The highest BCUT2D eigenvalue weighted by Crippen LogP contribution is 2.41. The lowest BCUT2D eigenvalue weighted by Gasteiger charge is -2.35. The van der Waals surface area contributed by atoms with Gasteiger partial charge in [-0.15, -0.1) is 0 Å². The Bertz CT molecular complexity index is 1080. The summed E-state index contributed by atoms with van der Waals surface area (Å²) in [7, 11) is 2.05. The second-order valence-electron chi connectivity index (χ2n) is 7.36. The number of nitrogens with one attached hydrogen (secondary N) is 1. The molecule has 2 heterocycles. The summed E-state index contributed by atoms with van der Waals surface area (Å²) >= 11 is 0. The number of nitrogens with zero attached hydrogens (tertiary/aromatic N) is 1. The number of nitrogens with two attached hydrogens (primary N) is 1. The summed E-state index contributed by atoms with van der Waals surface area (Å²) in [5, 5.41) is 9.71. The molecule has 0 fully saturated rings. The molecule has 1 unspecified atom stereocenters. The van der Waals surface area contributed by atoms with Crippen molar-refractivity contribution < 1.29 is 18.4 Å². The Morgan fingerprint density at radius 1 is 1.07 bits per heavy atom. The maximum Gasteiger partial charge on any atom is 0.205 e. The van der Waals surface area contributed by atoms with Gasteiger partial charge in [0.05, 0.1) is 13.0 Å². The van der Waals surface area contributed by atoms with Crippen LogP contribution >= 0.6 is 0 Å². The second-order valence-corrected chi connectivity index (χ2v) is 7.36. The standard InChI is InChI=1S/C23H19F2N3O/c1-28-12-16(10-14-2-6-17(24)7-3-14)22-20(13-28)21(19(11-26)23(27)29-22)15-4-8-18(25)9-5-15/h2-10,21H,12-13,27H2,1H3/p+1/b16-10+/t21-/m0/s1. The highest BCUT2D eigenvalue weighted by molar-refractivity contribution is 5.62. The smallest absolute Gasteiger partial charge is 0.205 e. The van der Waals surface area contributed by atoms with Gasteiger partial charge in [-0.3, -0.25) is 0 Å². The molecular formula is C23H20F2N3O+. The predicted octanol–water partition coefficient (Wildman–Crippen LogP) is 2.64. The fourth-order valence-corrected chi connectivity index (χ4v) is 3.94. The molecule has 0 aliphatic carbocycles. The first-order valence-corrected chi connectivity index (χ1v) is 9.30. The normalized spacial score (nSPS) is 22.9. The minimum Gasteiger partial charge on any atom is -0.440 e. The van der Waals surface area contributed by atoms with Crippen molar-refractivity contribution in [2.75, 3.05) is 20.1 Å². The van der Waals surface area contributed by atoms with E-state index in [1.54, 1.807) is 24.3 Å². The molecule has 0 spiro atoms. The van der Waals surface area contributed by atoms with E-state index in [9.17, 15) is 14.0 Å². The Hall–Kier alpha value is -3.43. The number of ether oxygens (including phenoxy) is 1.